The number of carbonyl (C=O) groups excluding carboxylic acids is 9. The zero-order chi connectivity index (χ0) is 68.1. The molecule has 7 amide bonds. The summed E-state index contributed by atoms with van der Waals surface area (Å²) in [5.74, 6) is -3.86. The number of carbonyl (C=O) groups is 10. The number of fused-ring (bicyclic) bond motifs is 1. The largest absolute Gasteiger partial charge is 0.494 e. The number of terminal acetylenes is 1. The molecule has 4 saturated heterocycles. The lowest BCUT2D eigenvalue weighted by molar-refractivity contribution is -0.146. The first kappa shape index (κ1) is 74.6. The molecule has 3 atom stereocenters. The maximum atomic E-state index is 14.1. The van der Waals surface area contributed by atoms with E-state index in [-0.39, 0.29) is 74.6 Å². The van der Waals surface area contributed by atoms with E-state index in [0.29, 0.717) is 140 Å². The SMILES string of the molecule is C#C[C@H]1CC(F)(F)CN1C(=O)CNC(=O)c1ccnc2ccc(OCCCCC3CCN(C(=O)CN4C(=O)CC(SC(CCCCCNC(=O)CCCc5ccc(C)cc5)CNC(=O)CN5CCN(COC=O)CCN(COC=O)CCN(CC(=O)O)CC5)C4=O)CC3)cc12. The maximum absolute atomic E-state index is 14.1. The van der Waals surface area contributed by atoms with Crippen molar-refractivity contribution >= 4 is 82.9 Å². The van der Waals surface area contributed by atoms with Crippen molar-refractivity contribution in [2.24, 2.45) is 5.92 Å². The summed E-state index contributed by atoms with van der Waals surface area (Å²) in [6.45, 7) is 5.64. The molecule has 0 saturated carbocycles. The highest BCUT2D eigenvalue weighted by Crippen LogP contribution is 2.33. The summed E-state index contributed by atoms with van der Waals surface area (Å²) < 4.78 is 44.1. The van der Waals surface area contributed by atoms with Crippen LogP contribution in [0.25, 0.3) is 10.9 Å². The van der Waals surface area contributed by atoms with Crippen molar-refractivity contribution in [1.29, 1.82) is 0 Å². The van der Waals surface area contributed by atoms with Gasteiger partial charge in [-0.1, -0.05) is 55.0 Å². The van der Waals surface area contributed by atoms with Gasteiger partial charge in [-0.25, -0.2) is 8.78 Å². The number of hydrogen-bond donors (Lipinski definition) is 4. The minimum absolute atomic E-state index is 0.00516. The number of thioether (sulfide) groups is 1. The lowest BCUT2D eigenvalue weighted by atomic mass is 9.91. The quantitative estimate of drug-likeness (QED) is 0.0283. The van der Waals surface area contributed by atoms with Crippen molar-refractivity contribution in [3.8, 4) is 18.1 Å². The number of likely N-dealkylation sites (tertiary alicyclic amines) is 3. The van der Waals surface area contributed by atoms with Crippen LogP contribution in [0.3, 0.4) is 0 Å². The smallest absolute Gasteiger partial charge is 0.317 e. The molecule has 5 heterocycles. The molecule has 4 N–H and O–H groups in total. The minimum atomic E-state index is -3.10. The van der Waals surface area contributed by atoms with Crippen molar-refractivity contribution in [3.05, 3.63) is 71.4 Å². The van der Waals surface area contributed by atoms with Gasteiger partial charge in [-0.3, -0.25) is 77.4 Å². The molecule has 518 valence electrons. The third-order valence-electron chi connectivity index (χ3n) is 17.6. The van der Waals surface area contributed by atoms with E-state index >= 15 is 0 Å². The summed E-state index contributed by atoms with van der Waals surface area (Å²) >= 11 is 1.31. The first-order valence-electron chi connectivity index (χ1n) is 32.8. The van der Waals surface area contributed by atoms with Gasteiger partial charge in [0.15, 0.2) is 0 Å². The average molecular weight is 1340 g/mol. The number of carboxylic acids is 1. The van der Waals surface area contributed by atoms with Gasteiger partial charge in [0.25, 0.3) is 24.8 Å². The van der Waals surface area contributed by atoms with Gasteiger partial charge in [-0.15, -0.1) is 18.2 Å². The Morgan fingerprint density at radius 2 is 1.45 bits per heavy atom. The van der Waals surface area contributed by atoms with Crippen LogP contribution in [0.4, 0.5) is 8.78 Å². The molecule has 95 heavy (non-hydrogen) atoms. The van der Waals surface area contributed by atoms with Crippen LogP contribution in [0.2, 0.25) is 0 Å². The van der Waals surface area contributed by atoms with Crippen LogP contribution < -0.4 is 20.7 Å². The number of pyridine rings is 1. The number of carboxylic acid groups (broad SMARTS) is 1. The molecule has 2 unspecified atom stereocenters. The Kier molecular flexibility index (Phi) is 30.3. The van der Waals surface area contributed by atoms with E-state index in [1.54, 1.807) is 28.0 Å². The molecule has 4 aliphatic heterocycles. The van der Waals surface area contributed by atoms with Crippen molar-refractivity contribution in [2.45, 2.75) is 119 Å². The van der Waals surface area contributed by atoms with Gasteiger partial charge < -0.3 is 45.1 Å². The van der Waals surface area contributed by atoms with Crippen LogP contribution in [0.5, 0.6) is 5.75 Å². The van der Waals surface area contributed by atoms with Crippen molar-refractivity contribution in [2.75, 3.05) is 131 Å². The standard InChI is InChI=1S/C67H91F2N11O14S/c1-3-52-38-67(68,69)44-80(52)62(86)40-73-65(90)55-20-24-70-57-19-18-53(36-56(55)57)94-35-8-6-10-51-21-25-78(26-22-51)63(87)42-79-61(85)37-58(66(79)91)95-54(12-5-4-7-23-71-59(83)13-9-11-50-16-14-49(2)15-17-50)39-72-60(84)41-74-27-28-75(43-64(88)89)30-32-77(46-93-48-82)34-33-76(31-29-74)45-92-47-81/h1,14-20,24,36,47-48,51-52,54,58H,4-13,21-23,25-35,37-46H2,2H3,(H,71,83)(H,72,84)(H,73,90)(H,88,89)/t52-,54?,58?/m0/s1. The average Bonchev–Trinajstić information content (AvgIpc) is 1.84. The maximum Gasteiger partial charge on any atom is 0.317 e. The highest BCUT2D eigenvalue weighted by molar-refractivity contribution is 8.01. The molecule has 2 aromatic carbocycles. The zero-order valence-electron chi connectivity index (χ0n) is 54.3. The molecule has 0 radical (unpaired) electrons. The number of ether oxygens (including phenoxy) is 3. The van der Waals surface area contributed by atoms with Gasteiger partial charge >= 0.3 is 5.97 Å². The number of halogens is 2. The molecule has 0 aliphatic carbocycles. The first-order valence-corrected chi connectivity index (χ1v) is 33.8. The van der Waals surface area contributed by atoms with Gasteiger partial charge in [0, 0.05) is 115 Å². The Balaban J connectivity index is 0.866. The summed E-state index contributed by atoms with van der Waals surface area (Å²) in [7, 11) is 0. The second-order valence-electron chi connectivity index (χ2n) is 24.7. The molecular formula is C67H91F2N11O14S. The van der Waals surface area contributed by atoms with Gasteiger partial charge in [-0.2, -0.15) is 0 Å². The van der Waals surface area contributed by atoms with Crippen LogP contribution in [0.15, 0.2) is 54.7 Å². The highest BCUT2D eigenvalue weighted by Gasteiger charge is 2.46. The Hall–Kier alpha value is -7.84. The molecular weight excluding hydrogens is 1250 g/mol. The fraction of sp³-hybridized carbons (Fsp3) is 0.597. The topological polar surface area (TPSA) is 290 Å². The van der Waals surface area contributed by atoms with Crippen LogP contribution in [-0.2, 0) is 59.0 Å². The van der Waals surface area contributed by atoms with E-state index < -0.39 is 66.3 Å². The van der Waals surface area contributed by atoms with Crippen molar-refractivity contribution in [3.63, 3.8) is 0 Å². The van der Waals surface area contributed by atoms with Crippen LogP contribution in [-0.4, -0.2) is 258 Å². The number of aliphatic carboxylic acids is 1. The second kappa shape index (κ2) is 38.6. The summed E-state index contributed by atoms with van der Waals surface area (Å²) in [5, 5.41) is 17.7. The number of unbranched alkanes of at least 4 members (excludes halogenated alkanes) is 3. The number of hydrogen-bond acceptors (Lipinski definition) is 19. The van der Waals surface area contributed by atoms with Crippen molar-refractivity contribution in [1.82, 2.24) is 55.2 Å². The Bertz CT molecular complexity index is 3120. The van der Waals surface area contributed by atoms with Gasteiger partial charge in [0.05, 0.1) is 55.2 Å². The summed E-state index contributed by atoms with van der Waals surface area (Å²) in [5.41, 5.74) is 3.11. The van der Waals surface area contributed by atoms with E-state index in [1.807, 2.05) is 21.6 Å². The Morgan fingerprint density at radius 3 is 2.12 bits per heavy atom. The number of nitrogens with zero attached hydrogens (tertiary/aromatic N) is 8. The molecule has 3 aromatic rings. The number of aromatic nitrogens is 1. The van der Waals surface area contributed by atoms with E-state index in [2.05, 4.69) is 51.1 Å². The minimum Gasteiger partial charge on any atom is -0.494 e. The molecule has 28 heteroatoms. The van der Waals surface area contributed by atoms with Crippen LogP contribution in [0.1, 0.15) is 105 Å². The molecule has 0 spiro atoms. The molecule has 1 aromatic heterocycles. The van der Waals surface area contributed by atoms with E-state index in [4.69, 9.17) is 20.6 Å². The number of benzene rings is 2. The third kappa shape index (κ3) is 25.0. The number of piperidine rings is 1. The monoisotopic (exact) mass is 1340 g/mol. The number of alkyl halides is 2. The molecule has 0 bridgehead atoms. The summed E-state index contributed by atoms with van der Waals surface area (Å²) in [6, 6.07) is 13.9. The van der Waals surface area contributed by atoms with Gasteiger partial charge in [-0.05, 0) is 94.0 Å². The predicted molar refractivity (Wildman–Crippen MR) is 349 cm³/mol. The zero-order valence-corrected chi connectivity index (χ0v) is 55.1. The van der Waals surface area contributed by atoms with Crippen LogP contribution in [0, 0.1) is 25.2 Å². The summed E-state index contributed by atoms with van der Waals surface area (Å²) in [4.78, 5) is 144. The fourth-order valence-corrected chi connectivity index (χ4v) is 13.5. The predicted octanol–water partition coefficient (Wildman–Crippen LogP) is 3.54. The Labute approximate surface area is 558 Å². The first-order chi connectivity index (χ1) is 45.8. The lowest BCUT2D eigenvalue weighted by Gasteiger charge is -2.33. The molecule has 7 rings (SSSR count). The van der Waals surface area contributed by atoms with Gasteiger partial charge in [0.1, 0.15) is 25.8 Å². The van der Waals surface area contributed by atoms with E-state index in [0.717, 1.165) is 61.2 Å². The molecule has 25 nitrogen and oxygen atoms in total. The highest BCUT2D eigenvalue weighted by atomic mass is 32.2. The summed E-state index contributed by atoms with van der Waals surface area (Å²) in [6.07, 6.45) is 14.8. The fourth-order valence-electron chi connectivity index (χ4n) is 12.1. The van der Waals surface area contributed by atoms with E-state index in [1.165, 1.54) is 35.2 Å². The molecule has 4 aliphatic rings. The van der Waals surface area contributed by atoms with E-state index in [9.17, 15) is 61.8 Å². The number of amides is 7. The van der Waals surface area contributed by atoms with Crippen molar-refractivity contribution < 1.29 is 76.0 Å². The lowest BCUT2D eigenvalue weighted by Crippen LogP contribution is -2.49. The number of imide groups is 1. The normalized spacial score (nSPS) is 19.1. The van der Waals surface area contributed by atoms with Gasteiger partial charge in [0.2, 0.25) is 35.4 Å². The molecule has 4 fully saturated rings. The number of rotatable bonds is 35. The third-order valence-corrected chi connectivity index (χ3v) is 19.1. The number of nitrogens with one attached hydrogen (secondary N) is 3. The van der Waals surface area contributed by atoms with Crippen LogP contribution >= 0.6 is 11.8 Å². The second-order valence-corrected chi connectivity index (χ2v) is 26.2. The number of aryl methyl sites for hydroxylation is 2. The Morgan fingerprint density at radius 1 is 0.779 bits per heavy atom.